The average molecular weight is 463 g/mol. The summed E-state index contributed by atoms with van der Waals surface area (Å²) in [5.41, 5.74) is 2.51. The van der Waals surface area contributed by atoms with Gasteiger partial charge >= 0.3 is 0 Å². The van der Waals surface area contributed by atoms with Crippen molar-refractivity contribution in [3.8, 4) is 32.4 Å². The molecule has 5 aromatic rings. The van der Waals surface area contributed by atoms with Crippen molar-refractivity contribution in [3.05, 3.63) is 70.8 Å². The molecule has 0 radical (unpaired) electrons. The fourth-order valence-electron chi connectivity index (χ4n) is 3.25. The van der Waals surface area contributed by atoms with Gasteiger partial charge in [-0.3, -0.25) is 14.9 Å². The molecule has 0 spiro atoms. The number of rotatable bonds is 5. The molecule has 158 valence electrons. The maximum absolute atomic E-state index is 11.6. The van der Waals surface area contributed by atoms with Crippen LogP contribution in [-0.4, -0.2) is 30.6 Å². The Kier molecular flexibility index (Phi) is 4.96. The molecular formula is C21H14N6O3S2. The summed E-state index contributed by atoms with van der Waals surface area (Å²) in [6.07, 6.45) is 0. The van der Waals surface area contributed by atoms with E-state index in [1.165, 1.54) is 41.7 Å². The van der Waals surface area contributed by atoms with E-state index >= 15 is 0 Å². The first-order valence-electron chi connectivity index (χ1n) is 9.44. The van der Waals surface area contributed by atoms with Crippen LogP contribution in [-0.2, 0) is 4.79 Å². The van der Waals surface area contributed by atoms with E-state index in [4.69, 9.17) is 0 Å². The van der Waals surface area contributed by atoms with Crippen LogP contribution in [0.4, 0.5) is 10.7 Å². The summed E-state index contributed by atoms with van der Waals surface area (Å²) in [6.45, 7) is 1.46. The number of anilines is 1. The molecule has 0 saturated heterocycles. The molecule has 0 saturated carbocycles. The van der Waals surface area contributed by atoms with E-state index in [2.05, 4.69) is 20.6 Å². The zero-order valence-corrected chi connectivity index (χ0v) is 18.2. The SMILES string of the molecule is CC(=O)Nc1cc(-c2ccccc2)c(-c2nnc3sc(-c4cccc([N+](=O)[O-])c4)nn23)s1. The number of fused-ring (bicyclic) bond motifs is 1. The van der Waals surface area contributed by atoms with Crippen LogP contribution in [0.2, 0.25) is 0 Å². The maximum Gasteiger partial charge on any atom is 0.270 e. The van der Waals surface area contributed by atoms with Gasteiger partial charge in [-0.25, -0.2) is 0 Å². The normalized spacial score (nSPS) is 11.0. The van der Waals surface area contributed by atoms with Crippen LogP contribution in [0.5, 0.6) is 0 Å². The minimum Gasteiger partial charge on any atom is -0.318 e. The van der Waals surface area contributed by atoms with Crippen molar-refractivity contribution in [2.45, 2.75) is 6.92 Å². The third-order valence-corrected chi connectivity index (χ3v) is 6.61. The van der Waals surface area contributed by atoms with Gasteiger partial charge in [0.05, 0.1) is 14.8 Å². The van der Waals surface area contributed by atoms with Crippen LogP contribution in [0, 0.1) is 10.1 Å². The lowest BCUT2D eigenvalue weighted by atomic mass is 10.1. The van der Waals surface area contributed by atoms with E-state index in [-0.39, 0.29) is 11.6 Å². The lowest BCUT2D eigenvalue weighted by molar-refractivity contribution is -0.384. The van der Waals surface area contributed by atoms with Gasteiger partial charge in [-0.05, 0) is 11.6 Å². The predicted octanol–water partition coefficient (Wildman–Crippen LogP) is 5.11. The number of thiophene rings is 1. The monoisotopic (exact) mass is 462 g/mol. The smallest absolute Gasteiger partial charge is 0.270 e. The van der Waals surface area contributed by atoms with E-state index in [1.54, 1.807) is 16.6 Å². The second kappa shape index (κ2) is 7.94. The van der Waals surface area contributed by atoms with Gasteiger partial charge in [0.25, 0.3) is 5.69 Å². The molecule has 1 amide bonds. The van der Waals surface area contributed by atoms with Crippen LogP contribution in [0.3, 0.4) is 0 Å². The molecule has 0 atom stereocenters. The first kappa shape index (κ1) is 20.0. The van der Waals surface area contributed by atoms with Crippen molar-refractivity contribution in [2.24, 2.45) is 0 Å². The number of carbonyl (C=O) groups is 1. The number of benzene rings is 2. The van der Waals surface area contributed by atoms with E-state index in [0.717, 1.165) is 16.0 Å². The molecule has 32 heavy (non-hydrogen) atoms. The van der Waals surface area contributed by atoms with Gasteiger partial charge in [-0.1, -0.05) is 53.8 Å². The highest BCUT2D eigenvalue weighted by Crippen LogP contribution is 2.42. The van der Waals surface area contributed by atoms with E-state index in [0.29, 0.717) is 26.4 Å². The third-order valence-electron chi connectivity index (χ3n) is 4.61. The summed E-state index contributed by atoms with van der Waals surface area (Å²) in [6, 6.07) is 18.0. The standard InChI is InChI=1S/C21H14N6O3S2/c1-12(28)22-17-11-16(13-6-3-2-4-7-13)18(31-17)19-23-24-21-26(19)25-20(32-21)14-8-5-9-15(10-14)27(29)30/h2-11H,1H3,(H,22,28). The van der Waals surface area contributed by atoms with Crippen LogP contribution < -0.4 is 5.32 Å². The maximum atomic E-state index is 11.6. The quantitative estimate of drug-likeness (QED) is 0.286. The Morgan fingerprint density at radius 3 is 2.56 bits per heavy atom. The Bertz CT molecular complexity index is 1470. The zero-order chi connectivity index (χ0) is 22.2. The second-order valence-corrected chi connectivity index (χ2v) is 8.84. The molecule has 2 aromatic carbocycles. The van der Waals surface area contributed by atoms with Gasteiger partial charge in [0, 0.05) is 30.2 Å². The van der Waals surface area contributed by atoms with Crippen molar-refractivity contribution in [1.82, 2.24) is 19.8 Å². The van der Waals surface area contributed by atoms with Crippen LogP contribution in [0.25, 0.3) is 37.4 Å². The fraction of sp³-hybridized carbons (Fsp3) is 0.0476. The van der Waals surface area contributed by atoms with Crippen molar-refractivity contribution in [3.63, 3.8) is 0 Å². The van der Waals surface area contributed by atoms with Gasteiger partial charge in [0.15, 0.2) is 5.82 Å². The number of carbonyl (C=O) groups excluding carboxylic acids is 1. The fourth-order valence-corrected chi connectivity index (χ4v) is 5.18. The van der Waals surface area contributed by atoms with E-state index in [9.17, 15) is 14.9 Å². The van der Waals surface area contributed by atoms with Crippen molar-refractivity contribution >= 4 is 44.2 Å². The second-order valence-electron chi connectivity index (χ2n) is 6.83. The molecule has 11 heteroatoms. The largest absolute Gasteiger partial charge is 0.318 e. The summed E-state index contributed by atoms with van der Waals surface area (Å²) in [5, 5.41) is 28.5. The molecule has 0 fully saturated rings. The van der Waals surface area contributed by atoms with Crippen molar-refractivity contribution < 1.29 is 9.72 Å². The minimum atomic E-state index is -0.434. The third kappa shape index (κ3) is 3.63. The van der Waals surface area contributed by atoms with Crippen molar-refractivity contribution in [2.75, 3.05) is 5.32 Å². The highest BCUT2D eigenvalue weighted by molar-refractivity contribution is 7.20. The number of nitrogens with one attached hydrogen (secondary N) is 1. The molecule has 0 unspecified atom stereocenters. The Labute approximate surface area is 189 Å². The molecule has 0 aliphatic carbocycles. The van der Waals surface area contributed by atoms with Gasteiger partial charge in [0.1, 0.15) is 5.01 Å². The van der Waals surface area contributed by atoms with Crippen molar-refractivity contribution in [1.29, 1.82) is 0 Å². The molecule has 5 rings (SSSR count). The van der Waals surface area contributed by atoms with Gasteiger partial charge in [-0.15, -0.1) is 21.5 Å². The van der Waals surface area contributed by atoms with E-state index in [1.807, 2.05) is 36.4 Å². The molecule has 0 aliphatic heterocycles. The number of hydrogen-bond acceptors (Lipinski definition) is 8. The lowest BCUT2D eigenvalue weighted by Crippen LogP contribution is -2.03. The number of amides is 1. The van der Waals surface area contributed by atoms with Gasteiger partial charge in [0.2, 0.25) is 10.9 Å². The van der Waals surface area contributed by atoms with Crippen LogP contribution in [0.15, 0.2) is 60.7 Å². The number of aromatic nitrogens is 4. The Morgan fingerprint density at radius 1 is 1.03 bits per heavy atom. The number of nitro benzene ring substituents is 1. The highest BCUT2D eigenvalue weighted by Gasteiger charge is 2.21. The van der Waals surface area contributed by atoms with E-state index < -0.39 is 4.92 Å². The number of non-ortho nitro benzene ring substituents is 1. The van der Waals surface area contributed by atoms with Crippen LogP contribution >= 0.6 is 22.7 Å². The Morgan fingerprint density at radius 2 is 1.81 bits per heavy atom. The average Bonchev–Trinajstić information content (AvgIpc) is 3.48. The first-order valence-corrected chi connectivity index (χ1v) is 11.1. The minimum absolute atomic E-state index is 0.00161. The molecular weight excluding hydrogens is 448 g/mol. The molecule has 0 aliphatic rings. The molecule has 1 N–H and O–H groups in total. The molecule has 9 nitrogen and oxygen atoms in total. The highest BCUT2D eigenvalue weighted by atomic mass is 32.1. The number of nitrogens with zero attached hydrogens (tertiary/aromatic N) is 5. The first-order chi connectivity index (χ1) is 15.5. The Hall–Kier alpha value is -3.96. The summed E-state index contributed by atoms with van der Waals surface area (Å²) in [7, 11) is 0. The van der Waals surface area contributed by atoms with Gasteiger partial charge in [-0.2, -0.15) is 9.61 Å². The summed E-state index contributed by atoms with van der Waals surface area (Å²) >= 11 is 2.68. The Balaban J connectivity index is 1.64. The molecule has 0 bridgehead atoms. The zero-order valence-electron chi connectivity index (χ0n) is 16.6. The predicted molar refractivity (Wildman–Crippen MR) is 124 cm³/mol. The van der Waals surface area contributed by atoms with Crippen LogP contribution in [0.1, 0.15) is 6.92 Å². The number of nitro groups is 1. The molecule has 3 aromatic heterocycles. The summed E-state index contributed by atoms with van der Waals surface area (Å²) in [5.74, 6) is 0.374. The number of hydrogen-bond donors (Lipinski definition) is 1. The topological polar surface area (TPSA) is 115 Å². The van der Waals surface area contributed by atoms with Gasteiger partial charge < -0.3 is 5.32 Å². The molecule has 3 heterocycles. The summed E-state index contributed by atoms with van der Waals surface area (Å²) in [4.78, 5) is 23.7. The summed E-state index contributed by atoms with van der Waals surface area (Å²) < 4.78 is 1.63. The lowest BCUT2D eigenvalue weighted by Gasteiger charge is -2.01.